The van der Waals surface area contributed by atoms with Crippen molar-refractivity contribution >= 4 is 11.8 Å². The van der Waals surface area contributed by atoms with Gasteiger partial charge in [-0.25, -0.2) is 4.39 Å². The highest BCUT2D eigenvalue weighted by molar-refractivity contribution is 5.83. The van der Waals surface area contributed by atoms with E-state index in [1.54, 1.807) is 12.1 Å². The Kier molecular flexibility index (Phi) is 5.33. The largest absolute Gasteiger partial charge is 0.469 e. The van der Waals surface area contributed by atoms with Crippen LogP contribution in [0.4, 0.5) is 4.39 Å². The number of hydrogen-bond donors (Lipinski definition) is 0. The lowest BCUT2D eigenvalue weighted by Gasteiger charge is -2.01. The minimum absolute atomic E-state index is 0.0136. The van der Waals surface area contributed by atoms with Gasteiger partial charge in [0.15, 0.2) is 0 Å². The van der Waals surface area contributed by atoms with Gasteiger partial charge in [0.2, 0.25) is 0 Å². The molecule has 1 rings (SSSR count). The maximum Gasteiger partial charge on any atom is 0.305 e. The normalized spacial score (nSPS) is 10.0. The fourth-order valence-corrected chi connectivity index (χ4v) is 1.40. The zero-order valence-corrected chi connectivity index (χ0v) is 9.74. The number of hydrogen-bond acceptors (Lipinski definition) is 3. The molecule has 0 fully saturated rings. The molecular weight excluding hydrogens is 223 g/mol. The Bertz CT molecular complexity index is 384. The fraction of sp³-hybridized carbons (Fsp3) is 0.385. The van der Waals surface area contributed by atoms with Crippen LogP contribution in [-0.4, -0.2) is 18.9 Å². The minimum atomic E-state index is -0.375. The molecule has 1 aromatic carbocycles. The van der Waals surface area contributed by atoms with Crippen LogP contribution in [0.15, 0.2) is 24.3 Å². The summed E-state index contributed by atoms with van der Waals surface area (Å²) in [6, 6.07) is 6.05. The number of aryl methyl sites for hydroxylation is 1. The molecule has 0 radical (unpaired) electrons. The van der Waals surface area contributed by atoms with Crippen LogP contribution < -0.4 is 0 Å². The Hall–Kier alpha value is -1.71. The number of ketones is 1. The van der Waals surface area contributed by atoms with Gasteiger partial charge in [-0.1, -0.05) is 12.1 Å². The number of carbonyl (C=O) groups is 2. The number of benzene rings is 1. The maximum absolute atomic E-state index is 12.6. The van der Waals surface area contributed by atoms with E-state index in [4.69, 9.17) is 0 Å². The fourth-order valence-electron chi connectivity index (χ4n) is 1.40. The predicted molar refractivity (Wildman–Crippen MR) is 61.0 cm³/mol. The van der Waals surface area contributed by atoms with Crippen LogP contribution in [0.5, 0.6) is 0 Å². The average molecular weight is 238 g/mol. The van der Waals surface area contributed by atoms with Gasteiger partial charge in [0.05, 0.1) is 13.5 Å². The van der Waals surface area contributed by atoms with Crippen molar-refractivity contribution in [2.24, 2.45) is 0 Å². The zero-order chi connectivity index (χ0) is 12.7. The van der Waals surface area contributed by atoms with Crippen LogP contribution in [0.3, 0.4) is 0 Å². The monoisotopic (exact) mass is 238 g/mol. The molecule has 0 heterocycles. The highest BCUT2D eigenvalue weighted by atomic mass is 19.1. The van der Waals surface area contributed by atoms with Crippen molar-refractivity contribution < 1.29 is 18.7 Å². The molecule has 0 saturated heterocycles. The molecule has 3 nitrogen and oxygen atoms in total. The predicted octanol–water partition coefficient (Wildman–Crippen LogP) is 2.28. The summed E-state index contributed by atoms with van der Waals surface area (Å²) in [5, 5.41) is 0. The average Bonchev–Trinajstić information content (AvgIpc) is 2.35. The lowest BCUT2D eigenvalue weighted by molar-refractivity contribution is -0.141. The molecule has 0 aromatic heterocycles. The number of rotatable bonds is 6. The molecule has 0 N–H and O–H groups in total. The first-order valence-electron chi connectivity index (χ1n) is 5.45. The van der Waals surface area contributed by atoms with Crippen molar-refractivity contribution in [2.75, 3.05) is 7.11 Å². The number of esters is 1. The molecule has 4 heteroatoms. The topological polar surface area (TPSA) is 43.4 Å². The van der Waals surface area contributed by atoms with Gasteiger partial charge < -0.3 is 4.74 Å². The van der Waals surface area contributed by atoms with E-state index in [1.165, 1.54) is 19.2 Å². The summed E-state index contributed by atoms with van der Waals surface area (Å²) in [6.45, 7) is 0. The second-order valence-electron chi connectivity index (χ2n) is 3.74. The van der Waals surface area contributed by atoms with Crippen molar-refractivity contribution in [3.63, 3.8) is 0 Å². The van der Waals surface area contributed by atoms with Gasteiger partial charge in [0, 0.05) is 12.8 Å². The minimum Gasteiger partial charge on any atom is -0.469 e. The van der Waals surface area contributed by atoms with Gasteiger partial charge in [-0.2, -0.15) is 0 Å². The summed E-state index contributed by atoms with van der Waals surface area (Å²) in [6.07, 6.45) is 1.26. The van der Waals surface area contributed by atoms with E-state index in [-0.39, 0.29) is 30.4 Å². The van der Waals surface area contributed by atoms with Gasteiger partial charge in [-0.05, 0) is 24.1 Å². The van der Waals surface area contributed by atoms with Crippen LogP contribution in [0.25, 0.3) is 0 Å². The summed E-state index contributed by atoms with van der Waals surface area (Å²) in [7, 11) is 1.30. The quantitative estimate of drug-likeness (QED) is 0.714. The Morgan fingerprint density at radius 3 is 2.35 bits per heavy atom. The first-order chi connectivity index (χ1) is 8.11. The Morgan fingerprint density at radius 2 is 1.76 bits per heavy atom. The third kappa shape index (κ3) is 5.24. The van der Waals surface area contributed by atoms with Gasteiger partial charge in [0.25, 0.3) is 0 Å². The maximum atomic E-state index is 12.6. The molecule has 0 amide bonds. The molecule has 0 aliphatic carbocycles. The van der Waals surface area contributed by atoms with Gasteiger partial charge >= 0.3 is 5.97 Å². The van der Waals surface area contributed by atoms with Gasteiger partial charge in [-0.15, -0.1) is 0 Å². The van der Waals surface area contributed by atoms with E-state index in [1.807, 2.05) is 0 Å². The number of halogens is 1. The Morgan fingerprint density at radius 1 is 1.12 bits per heavy atom. The lowest BCUT2D eigenvalue weighted by atomic mass is 10.1. The third-order valence-corrected chi connectivity index (χ3v) is 2.44. The third-order valence-electron chi connectivity index (χ3n) is 2.44. The number of ether oxygens (including phenoxy) is 1. The number of carbonyl (C=O) groups excluding carboxylic acids is 2. The highest BCUT2D eigenvalue weighted by Gasteiger charge is 2.07. The Balaban J connectivity index is 2.28. The molecule has 0 aliphatic heterocycles. The van der Waals surface area contributed by atoms with Crippen molar-refractivity contribution in [3.8, 4) is 0 Å². The van der Waals surface area contributed by atoms with Crippen molar-refractivity contribution in [3.05, 3.63) is 35.6 Å². The summed E-state index contributed by atoms with van der Waals surface area (Å²) in [5.74, 6) is -0.648. The van der Waals surface area contributed by atoms with E-state index >= 15 is 0 Å². The summed E-state index contributed by atoms with van der Waals surface area (Å²) in [5.41, 5.74) is 0.915. The van der Waals surface area contributed by atoms with E-state index in [0.717, 1.165) is 5.56 Å². The second-order valence-corrected chi connectivity index (χ2v) is 3.74. The van der Waals surface area contributed by atoms with Crippen molar-refractivity contribution in [2.45, 2.75) is 25.7 Å². The molecule has 0 atom stereocenters. The van der Waals surface area contributed by atoms with Crippen LogP contribution in [0.1, 0.15) is 24.8 Å². The second kappa shape index (κ2) is 6.78. The van der Waals surface area contributed by atoms with E-state index < -0.39 is 0 Å². The molecule has 17 heavy (non-hydrogen) atoms. The first kappa shape index (κ1) is 13.4. The van der Waals surface area contributed by atoms with Gasteiger partial charge in [0.1, 0.15) is 11.6 Å². The molecule has 0 saturated carbocycles. The molecule has 0 spiro atoms. The molecular formula is C13H15FO3. The van der Waals surface area contributed by atoms with Crippen LogP contribution >= 0.6 is 0 Å². The Labute approximate surface area is 99.6 Å². The van der Waals surface area contributed by atoms with Crippen LogP contribution in [-0.2, 0) is 20.7 Å². The van der Waals surface area contributed by atoms with Crippen LogP contribution in [0, 0.1) is 5.82 Å². The highest BCUT2D eigenvalue weighted by Crippen LogP contribution is 2.07. The molecule has 1 aromatic rings. The van der Waals surface area contributed by atoms with Crippen molar-refractivity contribution in [1.29, 1.82) is 0 Å². The lowest BCUT2D eigenvalue weighted by Crippen LogP contribution is -2.06. The standard InChI is InChI=1S/C13H15FO3/c1-17-13(16)9-8-12(15)7-4-10-2-5-11(14)6-3-10/h2-3,5-6H,4,7-9H2,1H3. The van der Waals surface area contributed by atoms with E-state index in [2.05, 4.69) is 4.74 Å². The number of Topliss-reactive ketones (excluding diaryl/α,β-unsaturated/α-hetero) is 1. The molecule has 0 unspecified atom stereocenters. The van der Waals surface area contributed by atoms with E-state index in [0.29, 0.717) is 12.8 Å². The van der Waals surface area contributed by atoms with Crippen molar-refractivity contribution in [1.82, 2.24) is 0 Å². The van der Waals surface area contributed by atoms with E-state index in [9.17, 15) is 14.0 Å². The van der Waals surface area contributed by atoms with Crippen LogP contribution in [0.2, 0.25) is 0 Å². The summed E-state index contributed by atoms with van der Waals surface area (Å²) in [4.78, 5) is 22.2. The van der Waals surface area contributed by atoms with Gasteiger partial charge in [-0.3, -0.25) is 9.59 Å². The molecule has 92 valence electrons. The molecule has 0 aliphatic rings. The number of methoxy groups -OCH3 is 1. The smallest absolute Gasteiger partial charge is 0.305 e. The zero-order valence-electron chi connectivity index (χ0n) is 9.74. The first-order valence-corrected chi connectivity index (χ1v) is 5.45. The molecule has 0 bridgehead atoms. The SMILES string of the molecule is COC(=O)CCC(=O)CCc1ccc(F)cc1. The summed E-state index contributed by atoms with van der Waals surface area (Å²) < 4.78 is 17.1. The summed E-state index contributed by atoms with van der Waals surface area (Å²) >= 11 is 0.